The molecule has 4 N–H and O–H groups in total. The number of benzene rings is 1. The van der Waals surface area contributed by atoms with E-state index in [1.54, 1.807) is 0 Å². The van der Waals surface area contributed by atoms with Crippen LogP contribution >= 0.6 is 0 Å². The van der Waals surface area contributed by atoms with E-state index in [1.165, 1.54) is 18.2 Å². The minimum atomic E-state index is -3.33. The number of hydrogen-bond donors (Lipinski definition) is 3. The van der Waals surface area contributed by atoms with Gasteiger partial charge >= 0.3 is 7.32 Å². The lowest BCUT2D eigenvalue weighted by Crippen LogP contribution is -2.21. The molecule has 0 saturated carbocycles. The Morgan fingerprint density at radius 2 is 2.00 bits per heavy atom. The molecule has 82 valence electrons. The number of nitrogens with two attached hydrogens (primary N) is 1. The van der Waals surface area contributed by atoms with Crippen molar-refractivity contribution in [1.82, 2.24) is 0 Å². The van der Waals surface area contributed by atoms with Gasteiger partial charge in [0.15, 0.2) is 9.84 Å². The molecule has 0 bridgehead atoms. The predicted octanol–water partition coefficient (Wildman–Crippen LogP) is -0.979. The van der Waals surface area contributed by atoms with Crippen molar-refractivity contribution in [3.63, 3.8) is 0 Å². The van der Waals surface area contributed by atoms with Gasteiger partial charge in [-0.25, -0.2) is 8.42 Å². The zero-order chi connectivity index (χ0) is 11.6. The highest BCUT2D eigenvalue weighted by Crippen LogP contribution is 2.24. The standard InChI is InChI=1S/C7H10BNO5S/c1-15(12,13)5-2-3-7(6(9)4-5)14-8(10)11/h2-4,10-11H,9H2,1H3. The second-order valence-electron chi connectivity index (χ2n) is 2.92. The fraction of sp³-hybridized carbons (Fsp3) is 0.143. The summed E-state index contributed by atoms with van der Waals surface area (Å²) in [6.45, 7) is 0. The van der Waals surface area contributed by atoms with Crippen LogP contribution in [0.3, 0.4) is 0 Å². The van der Waals surface area contributed by atoms with E-state index in [0.717, 1.165) is 6.26 Å². The summed E-state index contributed by atoms with van der Waals surface area (Å²) in [7, 11) is -5.32. The number of anilines is 1. The fourth-order valence-corrected chi connectivity index (χ4v) is 1.63. The first-order valence-electron chi connectivity index (χ1n) is 3.93. The summed E-state index contributed by atoms with van der Waals surface area (Å²) in [5.41, 5.74) is 5.47. The van der Waals surface area contributed by atoms with Crippen molar-refractivity contribution in [1.29, 1.82) is 0 Å². The third-order valence-electron chi connectivity index (χ3n) is 1.64. The molecule has 1 rings (SSSR count). The van der Waals surface area contributed by atoms with Crippen molar-refractivity contribution in [2.45, 2.75) is 4.90 Å². The highest BCUT2D eigenvalue weighted by atomic mass is 32.2. The molecule has 0 fully saturated rings. The van der Waals surface area contributed by atoms with Crippen LogP contribution in [0, 0.1) is 0 Å². The van der Waals surface area contributed by atoms with Crippen LogP contribution in [0.15, 0.2) is 23.1 Å². The van der Waals surface area contributed by atoms with Gasteiger partial charge in [0.2, 0.25) is 0 Å². The predicted molar refractivity (Wildman–Crippen MR) is 54.8 cm³/mol. The third kappa shape index (κ3) is 3.12. The quantitative estimate of drug-likeness (QED) is 0.455. The van der Waals surface area contributed by atoms with E-state index in [-0.39, 0.29) is 16.3 Å². The molecule has 0 radical (unpaired) electrons. The zero-order valence-electron chi connectivity index (χ0n) is 7.91. The molecule has 0 unspecified atom stereocenters. The lowest BCUT2D eigenvalue weighted by molar-refractivity contribution is 0.289. The molecule has 1 aromatic carbocycles. The monoisotopic (exact) mass is 231 g/mol. The summed E-state index contributed by atoms with van der Waals surface area (Å²) in [6.07, 6.45) is 1.04. The van der Waals surface area contributed by atoms with Gasteiger partial charge in [0, 0.05) is 6.26 Å². The van der Waals surface area contributed by atoms with Gasteiger partial charge in [0.1, 0.15) is 5.75 Å². The van der Waals surface area contributed by atoms with Crippen LogP contribution in [0.4, 0.5) is 5.69 Å². The van der Waals surface area contributed by atoms with E-state index in [4.69, 9.17) is 15.8 Å². The van der Waals surface area contributed by atoms with E-state index >= 15 is 0 Å². The summed E-state index contributed by atoms with van der Waals surface area (Å²) < 4.78 is 26.8. The van der Waals surface area contributed by atoms with Gasteiger partial charge in [-0.15, -0.1) is 0 Å². The van der Waals surface area contributed by atoms with Crippen molar-refractivity contribution < 1.29 is 23.1 Å². The van der Waals surface area contributed by atoms with Crippen LogP contribution in [0.25, 0.3) is 0 Å². The third-order valence-corrected chi connectivity index (χ3v) is 2.75. The molecule has 0 amide bonds. The van der Waals surface area contributed by atoms with Gasteiger partial charge in [-0.1, -0.05) is 0 Å². The smallest absolute Gasteiger partial charge is 0.510 e. The SMILES string of the molecule is CS(=O)(=O)c1ccc(OB(O)O)c(N)c1. The Kier molecular flexibility index (Phi) is 3.23. The number of sulfone groups is 1. The molecular formula is C7H10BNO5S. The fourth-order valence-electron chi connectivity index (χ4n) is 0.978. The molecule has 6 nitrogen and oxygen atoms in total. The summed E-state index contributed by atoms with van der Waals surface area (Å²) in [4.78, 5) is 0.0415. The zero-order valence-corrected chi connectivity index (χ0v) is 8.73. The first kappa shape index (κ1) is 11.8. The summed E-state index contributed by atoms with van der Waals surface area (Å²) in [6, 6.07) is 3.71. The van der Waals surface area contributed by atoms with E-state index in [2.05, 4.69) is 4.65 Å². The van der Waals surface area contributed by atoms with Gasteiger partial charge in [0.25, 0.3) is 0 Å². The molecule has 0 atom stereocenters. The second-order valence-corrected chi connectivity index (χ2v) is 4.93. The van der Waals surface area contributed by atoms with Crippen LogP contribution in [-0.4, -0.2) is 32.0 Å². The first-order valence-corrected chi connectivity index (χ1v) is 5.82. The maximum absolute atomic E-state index is 11.1. The molecule has 0 aliphatic heterocycles. The molecule has 1 aromatic rings. The van der Waals surface area contributed by atoms with E-state index in [1.807, 2.05) is 0 Å². The number of nitrogen functional groups attached to an aromatic ring is 1. The van der Waals surface area contributed by atoms with E-state index < -0.39 is 17.2 Å². The molecule has 0 heterocycles. The molecule has 0 aliphatic rings. The van der Waals surface area contributed by atoms with Crippen molar-refractivity contribution in [3.05, 3.63) is 18.2 Å². The maximum Gasteiger partial charge on any atom is 0.707 e. The summed E-state index contributed by atoms with van der Waals surface area (Å²) >= 11 is 0. The Balaban J connectivity index is 3.09. The number of rotatable bonds is 3. The molecular weight excluding hydrogens is 221 g/mol. The van der Waals surface area contributed by atoms with Crippen molar-refractivity contribution in [2.24, 2.45) is 0 Å². The normalized spacial score (nSPS) is 11.1. The van der Waals surface area contributed by atoms with Gasteiger partial charge in [-0.2, -0.15) is 0 Å². The average Bonchev–Trinajstić information content (AvgIpc) is 2.05. The highest BCUT2D eigenvalue weighted by molar-refractivity contribution is 7.90. The largest absolute Gasteiger partial charge is 0.707 e. The lowest BCUT2D eigenvalue weighted by atomic mass is 10.2. The van der Waals surface area contributed by atoms with Crippen LogP contribution in [-0.2, 0) is 9.84 Å². The van der Waals surface area contributed by atoms with Gasteiger partial charge < -0.3 is 20.4 Å². The number of hydrogen-bond acceptors (Lipinski definition) is 6. The summed E-state index contributed by atoms with van der Waals surface area (Å²) in [5, 5.41) is 17.0. The molecule has 8 heteroatoms. The Bertz CT molecular complexity index is 458. The van der Waals surface area contributed by atoms with Crippen LogP contribution in [0.2, 0.25) is 0 Å². The van der Waals surface area contributed by atoms with E-state index in [0.29, 0.717) is 0 Å². The van der Waals surface area contributed by atoms with Crippen molar-refractivity contribution in [2.75, 3.05) is 12.0 Å². The van der Waals surface area contributed by atoms with E-state index in [9.17, 15) is 8.42 Å². The lowest BCUT2D eigenvalue weighted by Gasteiger charge is -2.08. The second kappa shape index (κ2) is 4.09. The average molecular weight is 231 g/mol. The Hall–Kier alpha value is -1.25. The van der Waals surface area contributed by atoms with Gasteiger partial charge in [-0.3, -0.25) is 0 Å². The Labute approximate surface area is 87.4 Å². The minimum Gasteiger partial charge on any atom is -0.510 e. The van der Waals surface area contributed by atoms with Crippen molar-refractivity contribution in [3.8, 4) is 5.75 Å². The Morgan fingerprint density at radius 3 is 2.40 bits per heavy atom. The summed E-state index contributed by atoms with van der Waals surface area (Å²) in [5.74, 6) is 0.0115. The van der Waals surface area contributed by atoms with Crippen LogP contribution < -0.4 is 10.4 Å². The molecule has 0 spiro atoms. The Morgan fingerprint density at radius 1 is 1.40 bits per heavy atom. The van der Waals surface area contributed by atoms with Gasteiger partial charge in [0.05, 0.1) is 10.6 Å². The topological polar surface area (TPSA) is 110 Å². The minimum absolute atomic E-state index is 0.0115. The van der Waals surface area contributed by atoms with Gasteiger partial charge in [-0.05, 0) is 18.2 Å². The molecule has 0 aromatic heterocycles. The first-order chi connectivity index (χ1) is 6.80. The molecule has 15 heavy (non-hydrogen) atoms. The molecule has 0 aliphatic carbocycles. The highest BCUT2D eigenvalue weighted by Gasteiger charge is 2.15. The van der Waals surface area contributed by atoms with Crippen LogP contribution in [0.5, 0.6) is 5.75 Å². The maximum atomic E-state index is 11.1. The van der Waals surface area contributed by atoms with Crippen LogP contribution in [0.1, 0.15) is 0 Å². The van der Waals surface area contributed by atoms with Crippen molar-refractivity contribution >= 4 is 22.8 Å². The molecule has 0 saturated heterocycles.